The summed E-state index contributed by atoms with van der Waals surface area (Å²) >= 11 is 0. The highest BCUT2D eigenvalue weighted by Gasteiger charge is 2.30. The summed E-state index contributed by atoms with van der Waals surface area (Å²) < 4.78 is 2.81. The number of benzene rings is 1. The summed E-state index contributed by atoms with van der Waals surface area (Å²) in [5, 5.41) is 5.24. The van der Waals surface area contributed by atoms with E-state index in [1.165, 1.54) is 9.58 Å². The molecule has 1 saturated carbocycles. The van der Waals surface area contributed by atoms with Crippen molar-refractivity contribution in [3.05, 3.63) is 40.6 Å². The number of fused-ring (bicyclic) bond motifs is 3. The molecule has 0 spiro atoms. The van der Waals surface area contributed by atoms with Gasteiger partial charge in [-0.3, -0.25) is 4.79 Å². The molecule has 23 heavy (non-hydrogen) atoms. The molecule has 7 heteroatoms. The van der Waals surface area contributed by atoms with Crippen molar-refractivity contribution < 1.29 is 4.79 Å². The molecule has 0 atom stereocenters. The van der Waals surface area contributed by atoms with E-state index >= 15 is 0 Å². The third kappa shape index (κ3) is 2.19. The second-order valence-corrected chi connectivity index (χ2v) is 6.15. The van der Waals surface area contributed by atoms with Gasteiger partial charge in [0.25, 0.3) is 0 Å². The van der Waals surface area contributed by atoms with E-state index in [1.54, 1.807) is 18.5 Å². The number of para-hydroxylation sites is 1. The Labute approximate surface area is 132 Å². The van der Waals surface area contributed by atoms with Crippen LogP contribution in [0, 0.1) is 0 Å². The Hall–Kier alpha value is -2.70. The van der Waals surface area contributed by atoms with Crippen molar-refractivity contribution in [2.24, 2.45) is 0 Å². The number of likely N-dealkylation sites (N-methyl/N-ethyl adjacent to an activating group) is 1. The van der Waals surface area contributed by atoms with Crippen molar-refractivity contribution in [2.45, 2.75) is 25.3 Å². The molecule has 1 aliphatic carbocycles. The molecule has 4 rings (SSSR count). The van der Waals surface area contributed by atoms with Crippen LogP contribution >= 0.6 is 0 Å². The van der Waals surface area contributed by atoms with Crippen LogP contribution < -0.4 is 5.69 Å². The van der Waals surface area contributed by atoms with E-state index in [2.05, 4.69) is 10.1 Å². The van der Waals surface area contributed by atoms with Gasteiger partial charge in [0.15, 0.2) is 5.65 Å². The quantitative estimate of drug-likeness (QED) is 0.723. The molecule has 118 valence electrons. The van der Waals surface area contributed by atoms with E-state index in [0.717, 1.165) is 29.6 Å². The van der Waals surface area contributed by atoms with Gasteiger partial charge in [-0.2, -0.15) is 0 Å². The van der Waals surface area contributed by atoms with E-state index in [4.69, 9.17) is 0 Å². The summed E-state index contributed by atoms with van der Waals surface area (Å²) in [7, 11) is 3.32. The number of carbonyl (C=O) groups excluding carboxylic acids is 1. The molecule has 2 heterocycles. The normalized spacial score (nSPS) is 14.5. The fraction of sp³-hybridized carbons (Fsp3) is 0.375. The zero-order valence-corrected chi connectivity index (χ0v) is 13.1. The average molecular weight is 311 g/mol. The SMILES string of the molecule is CN(C)C(=O)Cn1nc2c3ccccc3nc(C3CC3)n2c1=O. The maximum atomic E-state index is 12.7. The lowest BCUT2D eigenvalue weighted by atomic mass is 10.2. The van der Waals surface area contributed by atoms with Crippen LogP contribution in [-0.2, 0) is 11.3 Å². The Morgan fingerprint density at radius 1 is 1.30 bits per heavy atom. The summed E-state index contributed by atoms with van der Waals surface area (Å²) in [5.74, 6) is 0.898. The second kappa shape index (κ2) is 4.91. The Morgan fingerprint density at radius 2 is 2.04 bits per heavy atom. The number of nitrogens with zero attached hydrogens (tertiary/aromatic N) is 5. The van der Waals surface area contributed by atoms with E-state index in [-0.39, 0.29) is 18.1 Å². The van der Waals surface area contributed by atoms with Crippen molar-refractivity contribution in [2.75, 3.05) is 14.1 Å². The van der Waals surface area contributed by atoms with Crippen LogP contribution in [0.25, 0.3) is 16.6 Å². The Bertz CT molecular complexity index is 981. The third-order valence-corrected chi connectivity index (χ3v) is 4.17. The Morgan fingerprint density at radius 3 is 2.74 bits per heavy atom. The van der Waals surface area contributed by atoms with Crippen LogP contribution in [0.15, 0.2) is 29.1 Å². The van der Waals surface area contributed by atoms with Gasteiger partial charge in [-0.05, 0) is 25.0 Å². The van der Waals surface area contributed by atoms with Crippen LogP contribution in [0.5, 0.6) is 0 Å². The molecule has 3 aromatic rings. The molecule has 0 unspecified atom stereocenters. The maximum absolute atomic E-state index is 12.7. The highest BCUT2D eigenvalue weighted by molar-refractivity contribution is 5.91. The fourth-order valence-corrected chi connectivity index (χ4v) is 2.71. The van der Waals surface area contributed by atoms with Gasteiger partial charge in [0.1, 0.15) is 12.4 Å². The molecular formula is C16H17N5O2. The molecular weight excluding hydrogens is 294 g/mol. The predicted molar refractivity (Wildman–Crippen MR) is 85.4 cm³/mol. The number of amides is 1. The molecule has 0 radical (unpaired) electrons. The Kier molecular flexibility index (Phi) is 2.97. The Balaban J connectivity index is 1.99. The van der Waals surface area contributed by atoms with Crippen LogP contribution in [-0.4, -0.2) is 44.1 Å². The molecule has 7 nitrogen and oxygen atoms in total. The number of hydrogen-bond acceptors (Lipinski definition) is 4. The van der Waals surface area contributed by atoms with Gasteiger partial charge < -0.3 is 4.90 Å². The monoisotopic (exact) mass is 311 g/mol. The molecule has 1 amide bonds. The van der Waals surface area contributed by atoms with Gasteiger partial charge in [0.2, 0.25) is 5.91 Å². The summed E-state index contributed by atoms with van der Waals surface area (Å²) in [6, 6.07) is 7.65. The lowest BCUT2D eigenvalue weighted by Gasteiger charge is -2.08. The van der Waals surface area contributed by atoms with Crippen molar-refractivity contribution >= 4 is 22.5 Å². The molecule has 0 saturated heterocycles. The fourth-order valence-electron chi connectivity index (χ4n) is 2.71. The molecule has 1 aliphatic rings. The molecule has 0 aliphatic heterocycles. The molecule has 2 aromatic heterocycles. The molecule has 1 aromatic carbocycles. The first-order valence-corrected chi connectivity index (χ1v) is 7.64. The molecule has 1 fully saturated rings. The summed E-state index contributed by atoms with van der Waals surface area (Å²) in [6.45, 7) is -0.0635. The first-order chi connectivity index (χ1) is 11.1. The molecule has 0 bridgehead atoms. The van der Waals surface area contributed by atoms with Gasteiger partial charge >= 0.3 is 5.69 Å². The maximum Gasteiger partial charge on any atom is 0.352 e. The van der Waals surface area contributed by atoms with Gasteiger partial charge in [-0.25, -0.2) is 18.9 Å². The highest BCUT2D eigenvalue weighted by Crippen LogP contribution is 2.39. The first-order valence-electron chi connectivity index (χ1n) is 7.64. The van der Waals surface area contributed by atoms with Gasteiger partial charge in [0.05, 0.1) is 5.52 Å². The van der Waals surface area contributed by atoms with Crippen molar-refractivity contribution in [1.82, 2.24) is 24.1 Å². The summed E-state index contributed by atoms with van der Waals surface area (Å²) in [4.78, 5) is 30.8. The summed E-state index contributed by atoms with van der Waals surface area (Å²) in [6.07, 6.45) is 2.07. The minimum Gasteiger partial charge on any atom is -0.347 e. The second-order valence-electron chi connectivity index (χ2n) is 6.15. The number of rotatable bonds is 3. The third-order valence-electron chi connectivity index (χ3n) is 4.17. The topological polar surface area (TPSA) is 72.5 Å². The van der Waals surface area contributed by atoms with E-state index < -0.39 is 0 Å². The minimum absolute atomic E-state index is 0.0635. The van der Waals surface area contributed by atoms with Crippen molar-refractivity contribution in [3.8, 4) is 0 Å². The lowest BCUT2D eigenvalue weighted by Crippen LogP contribution is -2.32. The van der Waals surface area contributed by atoms with E-state index in [1.807, 2.05) is 24.3 Å². The van der Waals surface area contributed by atoms with Crippen molar-refractivity contribution in [3.63, 3.8) is 0 Å². The van der Waals surface area contributed by atoms with Crippen LogP contribution in [0.3, 0.4) is 0 Å². The van der Waals surface area contributed by atoms with Crippen LogP contribution in [0.2, 0.25) is 0 Å². The smallest absolute Gasteiger partial charge is 0.347 e. The summed E-state index contributed by atoms with van der Waals surface area (Å²) in [5.41, 5.74) is 1.11. The number of carbonyl (C=O) groups is 1. The van der Waals surface area contributed by atoms with Crippen LogP contribution in [0.4, 0.5) is 0 Å². The minimum atomic E-state index is -0.296. The van der Waals surface area contributed by atoms with Gasteiger partial charge in [-0.15, -0.1) is 5.10 Å². The van der Waals surface area contributed by atoms with E-state index in [0.29, 0.717) is 11.6 Å². The number of aromatic nitrogens is 4. The standard InChI is InChI=1S/C16H17N5O2/c1-19(2)13(22)9-20-16(23)21-14(10-7-8-10)17-12-6-4-3-5-11(12)15(21)18-20/h3-6,10H,7-9H2,1-2H3. The first kappa shape index (κ1) is 13.9. The highest BCUT2D eigenvalue weighted by atomic mass is 16.2. The lowest BCUT2D eigenvalue weighted by molar-refractivity contribution is -0.129. The zero-order chi connectivity index (χ0) is 16.1. The molecule has 0 N–H and O–H groups in total. The van der Waals surface area contributed by atoms with E-state index in [9.17, 15) is 9.59 Å². The van der Waals surface area contributed by atoms with Gasteiger partial charge in [0, 0.05) is 25.4 Å². The number of hydrogen-bond donors (Lipinski definition) is 0. The zero-order valence-electron chi connectivity index (χ0n) is 13.1. The predicted octanol–water partition coefficient (Wildman–Crippen LogP) is 1.01. The van der Waals surface area contributed by atoms with Crippen molar-refractivity contribution in [1.29, 1.82) is 0 Å². The largest absolute Gasteiger partial charge is 0.352 e. The van der Waals surface area contributed by atoms with Gasteiger partial charge in [-0.1, -0.05) is 12.1 Å². The van der Waals surface area contributed by atoms with Crippen LogP contribution in [0.1, 0.15) is 24.6 Å². The average Bonchev–Trinajstić information content (AvgIpc) is 3.33.